The molecule has 6 aromatic rings. The monoisotopic (exact) mass is 1060 g/mol. The van der Waals surface area contributed by atoms with Gasteiger partial charge >= 0.3 is 5.97 Å². The number of aromatic nitrogens is 4. The normalized spacial score (nSPS) is 14.6. The number of aromatic carboxylic acids is 1. The number of hydrogen-bond acceptors (Lipinski definition) is 5. The minimum Gasteiger partial charge on any atom is -0.476 e. The van der Waals surface area contributed by atoms with E-state index in [1.807, 2.05) is 12.2 Å². The topological polar surface area (TPSA) is 107 Å². The maximum absolute atomic E-state index is 13.4. The molecule has 0 unspecified atom stereocenters. The van der Waals surface area contributed by atoms with Crippen LogP contribution in [-0.4, -0.2) is 40.1 Å². The largest absolute Gasteiger partial charge is 0.476 e. The molecule has 0 spiro atoms. The Bertz CT molecular complexity index is 2570. The highest BCUT2D eigenvalue weighted by Crippen LogP contribution is 2.38. The van der Waals surface area contributed by atoms with E-state index in [4.69, 9.17) is 62.2 Å². The summed E-state index contributed by atoms with van der Waals surface area (Å²) in [5.41, 5.74) is 8.16. The molecular weight excluding hydrogens is 1010 g/mol. The van der Waals surface area contributed by atoms with Gasteiger partial charge in [0.25, 0.3) is 5.24 Å². The van der Waals surface area contributed by atoms with Crippen molar-refractivity contribution in [1.82, 2.24) is 19.6 Å². The third-order valence-corrected chi connectivity index (χ3v) is 11.7. The maximum atomic E-state index is 13.4. The number of benzene rings is 4. The van der Waals surface area contributed by atoms with E-state index in [1.165, 1.54) is 24.3 Å². The zero-order valence-electron chi connectivity index (χ0n) is 33.6. The van der Waals surface area contributed by atoms with Gasteiger partial charge in [-0.05, 0) is 158 Å². The summed E-state index contributed by atoms with van der Waals surface area (Å²) < 4.78 is 39.1. The van der Waals surface area contributed by atoms with Crippen LogP contribution in [-0.2, 0) is 22.1 Å². The number of fused-ring (bicyclic) bond motifs is 2. The lowest BCUT2D eigenvalue weighted by atomic mass is 9.91. The molecule has 8 rings (SSSR count). The van der Waals surface area contributed by atoms with Crippen molar-refractivity contribution in [2.24, 2.45) is 0 Å². The summed E-state index contributed by atoms with van der Waals surface area (Å²) in [6.07, 6.45) is 12.6. The molecule has 0 saturated heterocycles. The van der Waals surface area contributed by atoms with Gasteiger partial charge < -0.3 is 5.11 Å². The van der Waals surface area contributed by atoms with Gasteiger partial charge in [0, 0.05) is 42.5 Å². The second kappa shape index (κ2) is 25.4. The number of allylic oxidation sites excluding steroid dienone is 2. The summed E-state index contributed by atoms with van der Waals surface area (Å²) >= 11 is 30.9. The molecule has 0 fully saturated rings. The Morgan fingerprint density at radius 1 is 0.591 bits per heavy atom. The summed E-state index contributed by atoms with van der Waals surface area (Å²) in [6.45, 7) is 0. The van der Waals surface area contributed by atoms with Gasteiger partial charge in [0.15, 0.2) is 5.69 Å². The first-order valence-corrected chi connectivity index (χ1v) is 24.6. The third kappa shape index (κ3) is 14.0. The van der Waals surface area contributed by atoms with Gasteiger partial charge in [0.2, 0.25) is 9.23 Å². The number of halogens is 9. The van der Waals surface area contributed by atoms with E-state index in [1.54, 1.807) is 70.0 Å². The lowest BCUT2D eigenvalue weighted by Gasteiger charge is -2.17. The molecule has 1 N–H and O–H groups in total. The van der Waals surface area contributed by atoms with Gasteiger partial charge in [-0.3, -0.25) is 4.79 Å². The Kier molecular flexibility index (Phi) is 21.0. The van der Waals surface area contributed by atoms with Crippen molar-refractivity contribution in [2.45, 2.75) is 79.1 Å². The lowest BCUT2D eigenvalue weighted by Crippen LogP contribution is -2.06. The van der Waals surface area contributed by atoms with Crippen molar-refractivity contribution in [3.63, 3.8) is 0 Å². The second-order valence-electron chi connectivity index (χ2n) is 14.7. The fourth-order valence-electron chi connectivity index (χ4n) is 7.64. The average molecular weight is 1060 g/mol. The van der Waals surface area contributed by atoms with Crippen molar-refractivity contribution in [3.05, 3.63) is 162 Å². The van der Waals surface area contributed by atoms with Crippen molar-refractivity contribution in [1.29, 1.82) is 0 Å². The molecule has 350 valence electrons. The number of carbonyl (C=O) groups excluding carboxylic acids is 1. The lowest BCUT2D eigenvalue weighted by molar-refractivity contribution is 0.0688. The van der Waals surface area contributed by atoms with E-state index in [2.05, 4.69) is 31.6 Å². The van der Waals surface area contributed by atoms with E-state index in [0.29, 0.717) is 49.9 Å². The molecule has 0 atom stereocenters. The van der Waals surface area contributed by atoms with E-state index in [0.717, 1.165) is 90.6 Å². The molecular formula is C48H45Cl7F2N4O4S. The molecule has 18 heteroatoms. The minimum absolute atomic E-state index is 0. The highest BCUT2D eigenvalue weighted by molar-refractivity contribution is 8.26. The van der Waals surface area contributed by atoms with Crippen LogP contribution in [0.1, 0.15) is 121 Å². The molecule has 4 aromatic carbocycles. The van der Waals surface area contributed by atoms with Gasteiger partial charge in [0.05, 0.1) is 32.8 Å². The van der Waals surface area contributed by atoms with E-state index in [-0.39, 0.29) is 37.9 Å². The number of carboxylic acids is 1. The van der Waals surface area contributed by atoms with Crippen LogP contribution < -0.4 is 0 Å². The molecule has 66 heavy (non-hydrogen) atoms. The van der Waals surface area contributed by atoms with Crippen LogP contribution in [0.15, 0.2) is 84.9 Å². The van der Waals surface area contributed by atoms with Crippen LogP contribution in [0.2, 0.25) is 20.1 Å². The Morgan fingerprint density at radius 2 is 0.955 bits per heavy atom. The quantitative estimate of drug-likeness (QED) is 0.167. The van der Waals surface area contributed by atoms with Crippen LogP contribution in [0, 0.1) is 11.6 Å². The van der Waals surface area contributed by atoms with Crippen molar-refractivity contribution in [2.75, 3.05) is 0 Å². The minimum atomic E-state index is -1.67. The molecule has 0 bridgehead atoms. The summed E-state index contributed by atoms with van der Waals surface area (Å²) in [4.78, 5) is 24.1. The molecule has 0 amide bonds. The zero-order valence-corrected chi connectivity index (χ0v) is 39.7. The standard InChI is InChI=1S/C23H18Cl3FN2O.C23H19Cl2FN2O2.2CH4.Cl2OS/c24-16-8-11-20(19(25)13-16)29-22-15(12-14-6-9-17(27)10-7-14)4-2-1-3-5-18(22)21(28-29)23(26)30;24-16-8-11-20(19(25)13-16)28-22-15(12-14-6-9-17(26)10-7-14)4-2-1-3-5-18(22)21(27-28)23(29)30;;;1-4(2)3/h6-13H,1-5H2;6-13H,1-5H2,(H,29,30);2*1H4;/b2*15-12+;;;. The zero-order chi connectivity index (χ0) is 46.1. The molecule has 0 saturated carbocycles. The highest BCUT2D eigenvalue weighted by atomic mass is 36.0. The second-order valence-corrected chi connectivity index (χ2v) is 19.2. The first kappa shape index (κ1) is 54.6. The highest BCUT2D eigenvalue weighted by Gasteiger charge is 2.29. The first-order valence-electron chi connectivity index (χ1n) is 19.9. The molecule has 2 aromatic heterocycles. The molecule has 0 radical (unpaired) electrons. The number of rotatable bonds is 6. The molecule has 2 heterocycles. The third-order valence-electron chi connectivity index (χ3n) is 10.4. The first-order chi connectivity index (χ1) is 30.6. The van der Waals surface area contributed by atoms with Crippen LogP contribution in [0.4, 0.5) is 8.78 Å². The van der Waals surface area contributed by atoms with Crippen LogP contribution in [0.5, 0.6) is 0 Å². The van der Waals surface area contributed by atoms with Crippen molar-refractivity contribution < 1.29 is 27.7 Å². The molecule has 2 aliphatic carbocycles. The fraction of sp³-hybridized carbons (Fsp3) is 0.250. The van der Waals surface area contributed by atoms with Crippen LogP contribution in [0.3, 0.4) is 0 Å². The SMILES string of the molecule is C.C.O=C(Cl)c1nn(-c2ccc(Cl)cc2Cl)c2c1CCCCC/C2=C\c1ccc(F)cc1.O=C(O)c1nn(-c2ccc(Cl)cc2Cl)c2c1CCCCC/C2=C\c1ccc(F)cc1.O=S(Cl)Cl. The summed E-state index contributed by atoms with van der Waals surface area (Å²) in [6, 6.07) is 22.7. The van der Waals surface area contributed by atoms with Crippen LogP contribution in [0.25, 0.3) is 34.7 Å². The number of carbonyl (C=O) groups is 2. The molecule has 0 aliphatic heterocycles. The molecule has 2 aliphatic rings. The summed E-state index contributed by atoms with van der Waals surface area (Å²) in [5.74, 6) is -1.66. The predicted octanol–water partition coefficient (Wildman–Crippen LogP) is 16.3. The van der Waals surface area contributed by atoms with E-state index >= 15 is 0 Å². The smallest absolute Gasteiger partial charge is 0.356 e. The number of carboxylic acid groups (broad SMARTS) is 1. The summed E-state index contributed by atoms with van der Waals surface area (Å²) in [5, 5.41) is 20.0. The average Bonchev–Trinajstić information content (AvgIpc) is 3.78. The van der Waals surface area contributed by atoms with E-state index < -0.39 is 20.4 Å². The van der Waals surface area contributed by atoms with Gasteiger partial charge in [-0.15, -0.1) is 0 Å². The van der Waals surface area contributed by atoms with Crippen molar-refractivity contribution >= 4 is 123 Å². The Balaban J connectivity index is 0.000000260. The van der Waals surface area contributed by atoms with Gasteiger partial charge in [0.1, 0.15) is 17.3 Å². The number of nitrogens with zero attached hydrogens (tertiary/aromatic N) is 4. The Labute approximate surface area is 419 Å². The van der Waals surface area contributed by atoms with E-state index in [9.17, 15) is 23.5 Å². The Morgan fingerprint density at radius 3 is 1.32 bits per heavy atom. The van der Waals surface area contributed by atoms with Gasteiger partial charge in [-0.25, -0.2) is 27.1 Å². The summed E-state index contributed by atoms with van der Waals surface area (Å²) in [7, 11) is 7.36. The Hall–Kier alpha value is -4.04. The number of hydrogen-bond donors (Lipinski definition) is 1. The van der Waals surface area contributed by atoms with Crippen molar-refractivity contribution in [3.8, 4) is 11.4 Å². The van der Waals surface area contributed by atoms with Gasteiger partial charge in [-0.2, -0.15) is 10.2 Å². The molecule has 8 nitrogen and oxygen atoms in total. The fourth-order valence-corrected chi connectivity index (χ4v) is 8.77. The van der Waals surface area contributed by atoms with Crippen LogP contribution >= 0.6 is 79.4 Å². The maximum Gasteiger partial charge on any atom is 0.356 e. The van der Waals surface area contributed by atoms with Gasteiger partial charge in [-0.1, -0.05) is 98.4 Å². The predicted molar refractivity (Wildman–Crippen MR) is 271 cm³/mol.